The minimum Gasteiger partial charge on any atom is -0.381 e. The van der Waals surface area contributed by atoms with Crippen LogP contribution in [0.4, 0.5) is 0 Å². The molecule has 15 heavy (non-hydrogen) atoms. The molecule has 1 fully saturated rings. The molecule has 90 valence electrons. The number of ether oxygens (including phenoxy) is 1. The summed E-state index contributed by atoms with van der Waals surface area (Å²) in [6.07, 6.45) is 0.876. The van der Waals surface area contributed by atoms with E-state index in [2.05, 4.69) is 0 Å². The van der Waals surface area contributed by atoms with E-state index in [0.29, 0.717) is 13.2 Å². The summed E-state index contributed by atoms with van der Waals surface area (Å²) in [6.45, 7) is 6.43. The molecule has 2 N–H and O–H groups in total. The van der Waals surface area contributed by atoms with Gasteiger partial charge in [-0.15, -0.1) is 0 Å². The predicted molar refractivity (Wildman–Crippen MR) is 60.4 cm³/mol. The average molecular weight is 235 g/mol. The molecule has 5 heteroatoms. The van der Waals surface area contributed by atoms with Crippen LogP contribution in [0.15, 0.2) is 0 Å². The summed E-state index contributed by atoms with van der Waals surface area (Å²) in [5.41, 5.74) is 5.90. The highest BCUT2D eigenvalue weighted by Gasteiger charge is 2.34. The van der Waals surface area contributed by atoms with Crippen molar-refractivity contribution in [3.63, 3.8) is 0 Å². The first kappa shape index (κ1) is 12.9. The van der Waals surface area contributed by atoms with Crippen molar-refractivity contribution in [2.24, 2.45) is 11.7 Å². The molecule has 0 aromatic carbocycles. The Morgan fingerprint density at radius 3 is 2.47 bits per heavy atom. The first-order valence-electron chi connectivity index (χ1n) is 5.29. The molecule has 0 bridgehead atoms. The fourth-order valence-electron chi connectivity index (χ4n) is 1.53. The van der Waals surface area contributed by atoms with Gasteiger partial charge in [0.2, 0.25) is 0 Å². The molecule has 2 unspecified atom stereocenters. The van der Waals surface area contributed by atoms with Gasteiger partial charge in [0, 0.05) is 18.6 Å². The van der Waals surface area contributed by atoms with Crippen molar-refractivity contribution in [2.75, 3.05) is 19.0 Å². The first-order chi connectivity index (χ1) is 6.74. The SMILES string of the molecule is CC(C)(C)S(=O)(=O)CC(N)C1CCOC1. The Labute approximate surface area is 92.1 Å². The minimum atomic E-state index is -3.11. The molecule has 4 nitrogen and oxygen atoms in total. The summed E-state index contributed by atoms with van der Waals surface area (Å²) >= 11 is 0. The standard InChI is InChI=1S/C10H21NO3S/c1-10(2,3)15(12,13)7-9(11)8-4-5-14-6-8/h8-9H,4-7,11H2,1-3H3. The molecule has 0 aromatic rings. The Bertz CT molecular complexity index is 299. The van der Waals surface area contributed by atoms with Gasteiger partial charge in [0.1, 0.15) is 0 Å². The maximum Gasteiger partial charge on any atom is 0.156 e. The topological polar surface area (TPSA) is 69.4 Å². The van der Waals surface area contributed by atoms with Gasteiger partial charge < -0.3 is 10.5 Å². The van der Waals surface area contributed by atoms with Crippen LogP contribution in [0, 0.1) is 5.92 Å². The molecule has 0 radical (unpaired) electrons. The van der Waals surface area contributed by atoms with Crippen LogP contribution in [0.25, 0.3) is 0 Å². The summed E-state index contributed by atoms with van der Waals surface area (Å²) in [6, 6.07) is -0.295. The van der Waals surface area contributed by atoms with E-state index in [1.165, 1.54) is 0 Å². The first-order valence-corrected chi connectivity index (χ1v) is 6.95. The summed E-state index contributed by atoms with van der Waals surface area (Å²) in [5, 5.41) is 0. The Morgan fingerprint density at radius 1 is 1.47 bits per heavy atom. The zero-order valence-electron chi connectivity index (χ0n) is 9.69. The lowest BCUT2D eigenvalue weighted by Crippen LogP contribution is -2.42. The zero-order valence-corrected chi connectivity index (χ0v) is 10.5. The predicted octanol–water partition coefficient (Wildman–Crippen LogP) is 0.563. The summed E-state index contributed by atoms with van der Waals surface area (Å²) in [7, 11) is -3.11. The summed E-state index contributed by atoms with van der Waals surface area (Å²) in [5.74, 6) is 0.256. The quantitative estimate of drug-likeness (QED) is 0.776. The van der Waals surface area contributed by atoms with E-state index >= 15 is 0 Å². The Morgan fingerprint density at radius 2 is 2.07 bits per heavy atom. The monoisotopic (exact) mass is 235 g/mol. The molecule has 0 aromatic heterocycles. The van der Waals surface area contributed by atoms with Crippen molar-refractivity contribution in [3.8, 4) is 0 Å². The van der Waals surface area contributed by atoms with Gasteiger partial charge in [0.25, 0.3) is 0 Å². The van der Waals surface area contributed by atoms with Crippen molar-refractivity contribution < 1.29 is 13.2 Å². The van der Waals surface area contributed by atoms with E-state index in [0.717, 1.165) is 6.42 Å². The smallest absolute Gasteiger partial charge is 0.156 e. The molecule has 0 spiro atoms. The summed E-state index contributed by atoms with van der Waals surface area (Å²) in [4.78, 5) is 0. The molecule has 1 rings (SSSR count). The third-order valence-electron chi connectivity index (χ3n) is 2.92. The maximum absolute atomic E-state index is 11.9. The van der Waals surface area contributed by atoms with Gasteiger partial charge in [-0.25, -0.2) is 8.42 Å². The van der Waals surface area contributed by atoms with Gasteiger partial charge in [0.05, 0.1) is 17.1 Å². The second kappa shape index (κ2) is 4.39. The molecule has 1 aliphatic heterocycles. The third kappa shape index (κ3) is 3.16. The minimum absolute atomic E-state index is 0.0600. The largest absolute Gasteiger partial charge is 0.381 e. The van der Waals surface area contributed by atoms with Crippen LogP contribution in [0.3, 0.4) is 0 Å². The normalized spacial score (nSPS) is 25.5. The van der Waals surface area contributed by atoms with Crippen LogP contribution < -0.4 is 5.73 Å². The molecule has 1 heterocycles. The number of hydrogen-bond donors (Lipinski definition) is 1. The van der Waals surface area contributed by atoms with Crippen molar-refractivity contribution in [1.82, 2.24) is 0 Å². The van der Waals surface area contributed by atoms with Crippen molar-refractivity contribution in [2.45, 2.75) is 38.0 Å². The van der Waals surface area contributed by atoms with Crippen LogP contribution in [0.2, 0.25) is 0 Å². The van der Waals surface area contributed by atoms with Crippen LogP contribution in [-0.2, 0) is 14.6 Å². The molecular formula is C10H21NO3S. The van der Waals surface area contributed by atoms with Crippen LogP contribution in [0.5, 0.6) is 0 Å². The lowest BCUT2D eigenvalue weighted by atomic mass is 10.0. The number of rotatable bonds is 3. The second-order valence-corrected chi connectivity index (χ2v) is 7.97. The Kier molecular flexibility index (Phi) is 3.79. The Hall–Kier alpha value is -0.130. The lowest BCUT2D eigenvalue weighted by Gasteiger charge is -2.24. The van der Waals surface area contributed by atoms with Crippen LogP contribution >= 0.6 is 0 Å². The van der Waals surface area contributed by atoms with Crippen LogP contribution in [-0.4, -0.2) is 38.2 Å². The molecule has 0 amide bonds. The number of sulfone groups is 1. The van der Waals surface area contributed by atoms with E-state index in [4.69, 9.17) is 10.5 Å². The molecule has 1 saturated heterocycles. The van der Waals surface area contributed by atoms with Gasteiger partial charge in [0.15, 0.2) is 9.84 Å². The fraction of sp³-hybridized carbons (Fsp3) is 1.00. The molecule has 1 aliphatic rings. The van der Waals surface area contributed by atoms with Gasteiger partial charge in [-0.3, -0.25) is 0 Å². The highest BCUT2D eigenvalue weighted by molar-refractivity contribution is 7.92. The fourth-order valence-corrected chi connectivity index (χ4v) is 2.81. The van der Waals surface area contributed by atoms with E-state index in [1.807, 2.05) is 0 Å². The Balaban J connectivity index is 2.61. The van der Waals surface area contributed by atoms with Crippen LogP contribution in [0.1, 0.15) is 27.2 Å². The van der Waals surface area contributed by atoms with Gasteiger partial charge in [-0.05, 0) is 27.2 Å². The maximum atomic E-state index is 11.9. The van der Waals surface area contributed by atoms with E-state index in [-0.39, 0.29) is 17.7 Å². The molecular weight excluding hydrogens is 214 g/mol. The lowest BCUT2D eigenvalue weighted by molar-refractivity contribution is 0.182. The highest BCUT2D eigenvalue weighted by atomic mass is 32.2. The number of hydrogen-bond acceptors (Lipinski definition) is 4. The zero-order chi connectivity index (χ0) is 11.7. The van der Waals surface area contributed by atoms with Crippen molar-refractivity contribution in [1.29, 1.82) is 0 Å². The third-order valence-corrected chi connectivity index (χ3v) is 5.61. The highest BCUT2D eigenvalue weighted by Crippen LogP contribution is 2.21. The average Bonchev–Trinajstić information content (AvgIpc) is 2.51. The van der Waals surface area contributed by atoms with Gasteiger partial charge in [-0.2, -0.15) is 0 Å². The number of nitrogens with two attached hydrogens (primary N) is 1. The van der Waals surface area contributed by atoms with E-state index in [9.17, 15) is 8.42 Å². The van der Waals surface area contributed by atoms with Crippen molar-refractivity contribution in [3.05, 3.63) is 0 Å². The van der Waals surface area contributed by atoms with Gasteiger partial charge >= 0.3 is 0 Å². The van der Waals surface area contributed by atoms with Crippen molar-refractivity contribution >= 4 is 9.84 Å². The van der Waals surface area contributed by atoms with E-state index in [1.54, 1.807) is 20.8 Å². The summed E-state index contributed by atoms with van der Waals surface area (Å²) < 4.78 is 28.3. The van der Waals surface area contributed by atoms with Gasteiger partial charge in [-0.1, -0.05) is 0 Å². The second-order valence-electron chi connectivity index (χ2n) is 5.18. The molecule has 2 atom stereocenters. The van der Waals surface area contributed by atoms with E-state index < -0.39 is 14.6 Å². The molecule has 0 saturated carbocycles. The molecule has 0 aliphatic carbocycles.